The molecule has 0 aliphatic heterocycles. The van der Waals surface area contributed by atoms with Gasteiger partial charge >= 0.3 is 6.18 Å². The number of alkyl halides is 3. The molecular formula is C85H100ClF9N12O8. The van der Waals surface area contributed by atoms with Gasteiger partial charge in [0.15, 0.2) is 0 Å². The normalized spacial score (nSPS) is 12.2. The van der Waals surface area contributed by atoms with Gasteiger partial charge in [-0.3, -0.25) is 28.8 Å². The fourth-order valence-electron chi connectivity index (χ4n) is 9.95. The maximum Gasteiger partial charge on any atom is 0.405 e. The minimum atomic E-state index is -4.47. The van der Waals surface area contributed by atoms with Gasteiger partial charge in [-0.2, -0.15) is 13.2 Å². The lowest BCUT2D eigenvalue weighted by Crippen LogP contribution is -2.45. The van der Waals surface area contributed by atoms with Crippen LogP contribution in [0.25, 0.3) is 0 Å². The van der Waals surface area contributed by atoms with Crippen LogP contribution in [-0.2, 0) is 86.9 Å². The highest BCUT2D eigenvalue weighted by atomic mass is 35.5. The number of nitrogens with one attached hydrogen (secondary N) is 6. The number of halogens is 10. The van der Waals surface area contributed by atoms with Gasteiger partial charge in [0.2, 0.25) is 35.4 Å². The molecule has 9 aromatic rings. The molecule has 9 rings (SSSR count). The Morgan fingerprint density at radius 3 is 0.835 bits per heavy atom. The number of aliphatic hydroxyl groups is 1. The molecule has 618 valence electrons. The van der Waals surface area contributed by atoms with Crippen molar-refractivity contribution in [3.63, 3.8) is 0 Å². The lowest BCUT2D eigenvalue weighted by molar-refractivity contribution is -0.139. The third kappa shape index (κ3) is 42.1. The first-order valence-corrected chi connectivity index (χ1v) is 36.8. The molecule has 19 N–H and O–H groups in total. The maximum absolute atomic E-state index is 12.8. The molecule has 30 heteroatoms. The summed E-state index contributed by atoms with van der Waals surface area (Å²) in [6.07, 6.45) is -1.59. The highest BCUT2D eigenvalue weighted by molar-refractivity contribution is 6.30. The summed E-state index contributed by atoms with van der Waals surface area (Å²) in [4.78, 5) is 70.1. The van der Waals surface area contributed by atoms with Gasteiger partial charge in [0.25, 0.3) is 0 Å². The van der Waals surface area contributed by atoms with Crippen molar-refractivity contribution in [3.8, 4) is 5.75 Å². The van der Waals surface area contributed by atoms with E-state index in [0.717, 1.165) is 56.7 Å². The van der Waals surface area contributed by atoms with E-state index in [1.165, 1.54) is 84.9 Å². The summed E-state index contributed by atoms with van der Waals surface area (Å²) in [7, 11) is 1.60. The number of carbonyl (C=O) groups is 6. The number of benzene rings is 9. The van der Waals surface area contributed by atoms with E-state index >= 15 is 0 Å². The molecule has 0 heterocycles. The summed E-state index contributed by atoms with van der Waals surface area (Å²) >= 11 is 5.79. The van der Waals surface area contributed by atoms with Gasteiger partial charge in [-0.15, -0.1) is 0 Å². The van der Waals surface area contributed by atoms with Gasteiger partial charge < -0.3 is 76.1 Å². The first-order chi connectivity index (χ1) is 54.7. The highest BCUT2D eigenvalue weighted by Crippen LogP contribution is 2.16. The number of nitrogens with two attached hydrogens (primary N) is 6. The second-order valence-electron chi connectivity index (χ2n) is 26.6. The molecule has 0 spiro atoms. The van der Waals surface area contributed by atoms with E-state index < -0.39 is 60.7 Å². The van der Waals surface area contributed by atoms with Crippen molar-refractivity contribution in [1.82, 2.24) is 31.9 Å². The Bertz CT molecular complexity index is 4310. The van der Waals surface area contributed by atoms with Crippen molar-refractivity contribution in [3.05, 3.63) is 314 Å². The van der Waals surface area contributed by atoms with Crippen LogP contribution in [0.15, 0.2) is 224 Å². The number of carbonyl (C=O) groups excluding carboxylic acids is 6. The summed E-state index contributed by atoms with van der Waals surface area (Å²) in [5, 5.41) is 24.5. The van der Waals surface area contributed by atoms with E-state index in [1.54, 1.807) is 85.2 Å². The van der Waals surface area contributed by atoms with Gasteiger partial charge in [0, 0.05) is 37.7 Å². The monoisotopic (exact) mass is 1620 g/mol. The Morgan fingerprint density at radius 1 is 0.348 bits per heavy atom. The van der Waals surface area contributed by atoms with Crippen LogP contribution in [0.1, 0.15) is 70.3 Å². The number of hydrogen-bond donors (Lipinski definition) is 13. The SMILES string of the molecule is CC(C)CCNC(=O)C(N)Cc1ccc(F)cc1.COc1ccc(CNC(=O)C(N)Cc2ccc(F)cc2)cc1.NC(Cc1ccc(F)cc1)C(=O)NCC(F)(F)F.NC(Cc1ccc(F)cc1)C(=O)NCCO.NC(Cc1ccc(F)cc1)C(=O)NCc1ccc(Cl)cc1.NC(Cc1ccc(F)cc1)C(=O)NCc1ccccc1. The Hall–Kier alpha value is -11.0. The molecule has 115 heavy (non-hydrogen) atoms. The predicted molar refractivity (Wildman–Crippen MR) is 427 cm³/mol. The molecule has 6 atom stereocenters. The Kier molecular flexibility index (Phi) is 43.9. The lowest BCUT2D eigenvalue weighted by Gasteiger charge is -2.13. The molecular weight excluding hydrogens is 1520 g/mol. The zero-order valence-electron chi connectivity index (χ0n) is 63.9. The number of amides is 6. The third-order valence-corrected chi connectivity index (χ3v) is 16.7. The lowest BCUT2D eigenvalue weighted by atomic mass is 10.1. The maximum atomic E-state index is 12.8. The quantitative estimate of drug-likeness (QED) is 0.0180. The van der Waals surface area contributed by atoms with E-state index in [0.29, 0.717) is 74.8 Å². The molecule has 0 aromatic heterocycles. The van der Waals surface area contributed by atoms with Gasteiger partial charge in [-0.25, -0.2) is 26.3 Å². The zero-order chi connectivity index (χ0) is 84.8. The molecule has 6 unspecified atom stereocenters. The van der Waals surface area contributed by atoms with E-state index in [-0.39, 0.29) is 78.2 Å². The van der Waals surface area contributed by atoms with Gasteiger partial charge in [-0.1, -0.05) is 153 Å². The minimum Gasteiger partial charge on any atom is -0.497 e. The Morgan fingerprint density at radius 2 is 0.583 bits per heavy atom. The Labute approximate surface area is 668 Å². The van der Waals surface area contributed by atoms with Crippen LogP contribution in [0.5, 0.6) is 5.75 Å². The van der Waals surface area contributed by atoms with Crippen molar-refractivity contribution in [2.75, 3.05) is 33.4 Å². The summed E-state index contributed by atoms with van der Waals surface area (Å²) in [5.74, 6) is -2.68. The molecule has 6 amide bonds. The van der Waals surface area contributed by atoms with Crippen LogP contribution >= 0.6 is 11.6 Å². The fraction of sp³-hybridized carbons (Fsp3) is 0.294. The van der Waals surface area contributed by atoms with Crippen LogP contribution in [-0.4, -0.2) is 116 Å². The summed E-state index contributed by atoms with van der Waals surface area (Å²) in [5.41, 5.74) is 42.1. The van der Waals surface area contributed by atoms with Crippen LogP contribution in [0.4, 0.5) is 39.5 Å². The second-order valence-corrected chi connectivity index (χ2v) is 27.0. The smallest absolute Gasteiger partial charge is 0.405 e. The first kappa shape index (κ1) is 96.3. The molecule has 0 saturated heterocycles. The van der Waals surface area contributed by atoms with E-state index in [2.05, 4.69) is 40.4 Å². The average molecular weight is 1620 g/mol. The van der Waals surface area contributed by atoms with Gasteiger partial charge in [0.1, 0.15) is 47.2 Å². The average Bonchev–Trinajstić information content (AvgIpc) is 0.904. The van der Waals surface area contributed by atoms with E-state index in [9.17, 15) is 68.3 Å². The molecule has 0 fully saturated rings. The summed E-state index contributed by atoms with van der Waals surface area (Å²) in [6, 6.07) is 55.0. The van der Waals surface area contributed by atoms with Gasteiger partial charge in [0.05, 0.1) is 50.0 Å². The second kappa shape index (κ2) is 52.4. The summed E-state index contributed by atoms with van der Waals surface area (Å²) in [6.45, 7) is 4.76. The summed E-state index contributed by atoms with van der Waals surface area (Å²) < 4.78 is 117. The van der Waals surface area contributed by atoms with Crippen molar-refractivity contribution in [2.24, 2.45) is 40.3 Å². The van der Waals surface area contributed by atoms with Crippen LogP contribution in [0.2, 0.25) is 5.02 Å². The van der Waals surface area contributed by atoms with Crippen molar-refractivity contribution in [2.45, 2.75) is 121 Å². The highest BCUT2D eigenvalue weighted by Gasteiger charge is 2.29. The van der Waals surface area contributed by atoms with E-state index in [4.69, 9.17) is 55.8 Å². The molecule has 0 aliphatic rings. The van der Waals surface area contributed by atoms with Crippen molar-refractivity contribution in [1.29, 1.82) is 0 Å². The number of rotatable bonds is 31. The van der Waals surface area contributed by atoms with Gasteiger partial charge in [-0.05, 0) is 198 Å². The standard InChI is InChI=1S/C17H19FN2O2.C16H16ClFN2O.C16H17FN2O.C14H21FN2O.C11H12F4N2O.C11H15FN2O2/c1-22-15-8-4-13(5-9-15)11-20-17(21)16(19)10-12-2-6-14(18)7-3-12;17-13-5-1-12(2-6-13)10-20-16(21)15(19)9-11-3-7-14(18)8-4-11;17-14-8-6-12(7-9-14)10-15(18)16(20)19-11-13-4-2-1-3-5-13;1-10(2)7-8-17-14(18)13(16)9-11-3-5-12(15)6-4-11;12-8-3-1-7(2-4-8)5-9(16)10(18)17-6-11(13,14)15;12-9-3-1-8(2-4-9)7-10(13)11(16)14-5-6-15/h2-9,16H,10-11,19H2,1H3,(H,20,21);1-8,15H,9-10,19H2,(H,20,21);1-9,15H,10-11,18H2,(H,19,20);3-6,10,13H,7-9,16H2,1-2H3,(H,17,18);1-4,9H,5-6,16H2,(H,17,18);1-4,10,15H,5-7,13H2,(H,14,16). The van der Waals surface area contributed by atoms with Crippen molar-refractivity contribution >= 4 is 47.0 Å². The van der Waals surface area contributed by atoms with Crippen molar-refractivity contribution < 1.29 is 78.1 Å². The number of aliphatic hydroxyl groups excluding tert-OH is 1. The molecule has 0 bridgehead atoms. The predicted octanol–water partition coefficient (Wildman–Crippen LogP) is 9.73. The molecule has 0 saturated carbocycles. The zero-order valence-corrected chi connectivity index (χ0v) is 64.6. The number of ether oxygens (including phenoxy) is 1. The topological polar surface area (TPSA) is 360 Å². The molecule has 0 radical (unpaired) electrons. The molecule has 0 aliphatic carbocycles. The van der Waals surface area contributed by atoms with Crippen LogP contribution in [0, 0.1) is 40.8 Å². The largest absolute Gasteiger partial charge is 0.497 e. The fourth-order valence-corrected chi connectivity index (χ4v) is 10.1. The number of methoxy groups -OCH3 is 1. The number of hydrogen-bond acceptors (Lipinski definition) is 14. The molecule has 9 aromatic carbocycles. The minimum absolute atomic E-state index is 0.0456. The van der Waals surface area contributed by atoms with Crippen LogP contribution < -0.4 is 71.0 Å². The molecule has 20 nitrogen and oxygen atoms in total. The third-order valence-electron chi connectivity index (χ3n) is 16.4. The Balaban J connectivity index is 0.000000291. The van der Waals surface area contributed by atoms with Crippen LogP contribution in [0.3, 0.4) is 0 Å². The van der Waals surface area contributed by atoms with E-state index in [1.807, 2.05) is 66.7 Å². The first-order valence-electron chi connectivity index (χ1n) is 36.4.